The molecule has 0 atom stereocenters. The number of carbonyl (C=O) groups excluding carboxylic acids is 1. The van der Waals surface area contributed by atoms with Crippen molar-refractivity contribution in [3.05, 3.63) is 24.3 Å². The summed E-state index contributed by atoms with van der Waals surface area (Å²) in [7, 11) is -3.85. The molecule has 0 spiro atoms. The minimum Gasteiger partial charge on any atom is -0.543 e. The lowest BCUT2D eigenvalue weighted by molar-refractivity contribution is 0.0547. The first kappa shape index (κ1) is 21.5. The summed E-state index contributed by atoms with van der Waals surface area (Å²) in [6.45, 7) is 16.0. The molecule has 8 heteroatoms. The van der Waals surface area contributed by atoms with Crippen LogP contribution in [0, 0.1) is 0 Å². The van der Waals surface area contributed by atoms with Gasteiger partial charge in [0.2, 0.25) is 8.32 Å². The van der Waals surface area contributed by atoms with Crippen molar-refractivity contribution in [2.75, 3.05) is 0 Å². The second kappa shape index (κ2) is 7.00. The van der Waals surface area contributed by atoms with Crippen LogP contribution >= 0.6 is 0 Å². The Balaban J connectivity index is 2.56. The minimum absolute atomic E-state index is 0.0293. The molecule has 1 heterocycles. The molecule has 2 rings (SSSR count). The third-order valence-electron chi connectivity index (χ3n) is 4.82. The summed E-state index contributed by atoms with van der Waals surface area (Å²) in [6, 6.07) is 6.98. The van der Waals surface area contributed by atoms with E-state index >= 15 is 0 Å². The van der Waals surface area contributed by atoms with E-state index in [2.05, 4.69) is 33.9 Å². The molecular weight excluding hydrogens is 361 g/mol. The van der Waals surface area contributed by atoms with Gasteiger partial charge < -0.3 is 19.2 Å². The highest BCUT2D eigenvalue weighted by Gasteiger charge is 2.39. The molecule has 0 saturated carbocycles. The summed E-state index contributed by atoms with van der Waals surface area (Å²) in [5.41, 5.74) is -0.132. The van der Waals surface area contributed by atoms with Gasteiger partial charge in [-0.2, -0.15) is 0 Å². The lowest BCUT2D eigenvalue weighted by Gasteiger charge is -2.36. The highest BCUT2D eigenvalue weighted by Crippen LogP contribution is 2.38. The lowest BCUT2D eigenvalue weighted by Crippen LogP contribution is -2.43. The molecule has 6 nitrogen and oxygen atoms in total. The van der Waals surface area contributed by atoms with Gasteiger partial charge in [-0.05, 0) is 57.1 Å². The van der Waals surface area contributed by atoms with E-state index in [1.54, 1.807) is 32.9 Å². The van der Waals surface area contributed by atoms with Gasteiger partial charge in [-0.3, -0.25) is 4.57 Å². The quantitative estimate of drug-likeness (QED) is 0.783. The first-order chi connectivity index (χ1) is 12.1. The third-order valence-corrected chi connectivity index (χ3v) is 9.18. The Morgan fingerprint density at radius 3 is 2.15 bits per heavy atom. The van der Waals surface area contributed by atoms with Crippen LogP contribution in [0.5, 0.6) is 5.75 Å². The predicted octanol–water partition coefficient (Wildman–Crippen LogP) is 3.49. The van der Waals surface area contributed by atoms with Gasteiger partial charge in [0.05, 0.1) is 11.1 Å². The van der Waals surface area contributed by atoms with Crippen LogP contribution in [0.15, 0.2) is 24.3 Å². The molecule has 0 radical (unpaired) electrons. The van der Waals surface area contributed by atoms with Crippen molar-refractivity contribution in [2.45, 2.75) is 65.3 Å². The summed E-state index contributed by atoms with van der Waals surface area (Å²) in [5.74, 6) is 0.649. The van der Waals surface area contributed by atoms with Crippen molar-refractivity contribution in [1.82, 2.24) is 4.57 Å². The molecule has 0 aliphatic rings. The normalized spacial score (nSPS) is 13.0. The van der Waals surface area contributed by atoms with Gasteiger partial charge >= 0.3 is 13.2 Å². The fourth-order valence-corrected chi connectivity index (χ4v) is 3.44. The zero-order valence-electron chi connectivity index (χ0n) is 17.5. The van der Waals surface area contributed by atoms with Crippen LogP contribution in [0.4, 0.5) is 4.79 Å². The first-order valence-electron chi connectivity index (χ1n) is 9.06. The van der Waals surface area contributed by atoms with Gasteiger partial charge in [0.1, 0.15) is 11.4 Å². The van der Waals surface area contributed by atoms with Crippen molar-refractivity contribution >= 4 is 38.0 Å². The van der Waals surface area contributed by atoms with Gasteiger partial charge in [-0.15, -0.1) is 0 Å². The lowest BCUT2D eigenvalue weighted by atomic mass is 9.86. The summed E-state index contributed by atoms with van der Waals surface area (Å²) < 4.78 is 13.0. The number of hydrogen-bond donors (Lipinski definition) is 2. The van der Waals surface area contributed by atoms with Crippen LogP contribution in [0.3, 0.4) is 0 Å². The molecule has 0 bridgehead atoms. The fraction of sp³-hybridized carbons (Fsp3) is 0.526. The molecule has 1 aromatic carbocycles. The highest BCUT2D eigenvalue weighted by atomic mass is 28.4. The molecule has 27 heavy (non-hydrogen) atoms. The highest BCUT2D eigenvalue weighted by molar-refractivity contribution is 6.74. The van der Waals surface area contributed by atoms with Crippen molar-refractivity contribution in [3.8, 4) is 5.75 Å². The monoisotopic (exact) mass is 391 g/mol. The SMILES string of the molecule is CC(C)(C)OC(=O)n1c(B(O)O)cc2ccc(O[Si](C)(C)C(C)(C)C)cc21. The molecule has 2 N–H and O–H groups in total. The molecule has 0 saturated heterocycles. The van der Waals surface area contributed by atoms with Crippen LogP contribution in [-0.2, 0) is 4.74 Å². The van der Waals surface area contributed by atoms with Crippen LogP contribution in [0.1, 0.15) is 41.5 Å². The van der Waals surface area contributed by atoms with Crippen LogP contribution in [0.25, 0.3) is 10.9 Å². The van der Waals surface area contributed by atoms with Gasteiger partial charge in [-0.1, -0.05) is 20.8 Å². The Morgan fingerprint density at radius 1 is 1.07 bits per heavy atom. The smallest absolute Gasteiger partial charge is 0.506 e. The van der Waals surface area contributed by atoms with Crippen LogP contribution in [-0.4, -0.2) is 41.7 Å². The van der Waals surface area contributed by atoms with E-state index < -0.39 is 27.1 Å². The number of ether oxygens (including phenoxy) is 1. The topological polar surface area (TPSA) is 80.9 Å². The fourth-order valence-electron chi connectivity index (χ4n) is 2.41. The maximum atomic E-state index is 12.7. The van der Waals surface area contributed by atoms with E-state index in [9.17, 15) is 14.8 Å². The number of fused-ring (bicyclic) bond motifs is 1. The number of hydrogen-bond acceptors (Lipinski definition) is 5. The zero-order valence-corrected chi connectivity index (χ0v) is 18.5. The van der Waals surface area contributed by atoms with Crippen molar-refractivity contribution in [3.63, 3.8) is 0 Å². The second-order valence-corrected chi connectivity index (χ2v) is 14.1. The Kier molecular flexibility index (Phi) is 5.58. The van der Waals surface area contributed by atoms with Gasteiger partial charge in [0.15, 0.2) is 0 Å². The summed E-state index contributed by atoms with van der Waals surface area (Å²) in [5, 5.41) is 20.2. The number of carbonyl (C=O) groups is 1. The van der Waals surface area contributed by atoms with Crippen LogP contribution < -0.4 is 10.0 Å². The zero-order chi connectivity index (χ0) is 20.8. The van der Waals surface area contributed by atoms with Crippen LogP contribution in [0.2, 0.25) is 18.1 Å². The number of nitrogens with zero attached hydrogens (tertiary/aromatic N) is 1. The number of aromatic nitrogens is 1. The Labute approximate surface area is 162 Å². The summed E-state index contributed by atoms with van der Waals surface area (Å²) in [4.78, 5) is 12.7. The van der Waals surface area contributed by atoms with E-state index in [1.165, 1.54) is 4.57 Å². The maximum Gasteiger partial charge on any atom is 0.506 e. The largest absolute Gasteiger partial charge is 0.543 e. The molecule has 1 aromatic heterocycles. The van der Waals surface area contributed by atoms with Crippen molar-refractivity contribution in [2.24, 2.45) is 0 Å². The molecule has 0 aliphatic heterocycles. The Morgan fingerprint density at radius 2 is 1.67 bits per heavy atom. The number of rotatable bonds is 3. The van der Waals surface area contributed by atoms with E-state index in [0.717, 1.165) is 0 Å². The Bertz CT molecular complexity index is 846. The summed E-state index contributed by atoms with van der Waals surface area (Å²) in [6.07, 6.45) is -0.662. The van der Waals surface area contributed by atoms with E-state index in [4.69, 9.17) is 9.16 Å². The molecule has 148 valence electrons. The molecule has 2 aromatic rings. The predicted molar refractivity (Wildman–Crippen MR) is 111 cm³/mol. The van der Waals surface area contributed by atoms with Crippen molar-refractivity contribution < 1.29 is 24.0 Å². The number of benzene rings is 1. The Hall–Kier alpha value is -1.77. The minimum atomic E-state index is -2.06. The first-order valence-corrected chi connectivity index (χ1v) is 12.0. The average Bonchev–Trinajstić information content (AvgIpc) is 2.82. The van der Waals surface area contributed by atoms with Crippen molar-refractivity contribution in [1.29, 1.82) is 0 Å². The van der Waals surface area contributed by atoms with Gasteiger partial charge in [0.25, 0.3) is 0 Å². The standard InChI is InChI=1S/C19H30BNO5Si/c1-18(2,3)25-17(22)21-15-12-14(26-27(7,8)19(4,5)6)10-9-13(15)11-16(21)20(23)24/h9-12,23-24H,1-8H3. The van der Waals surface area contributed by atoms with E-state index in [1.807, 2.05) is 12.1 Å². The molecule has 0 fully saturated rings. The molecule has 0 amide bonds. The van der Waals surface area contributed by atoms with E-state index in [-0.39, 0.29) is 10.6 Å². The van der Waals surface area contributed by atoms with Gasteiger partial charge in [-0.25, -0.2) is 4.79 Å². The van der Waals surface area contributed by atoms with Gasteiger partial charge in [0, 0.05) is 11.5 Å². The van der Waals surface area contributed by atoms with E-state index in [0.29, 0.717) is 16.7 Å². The maximum absolute atomic E-state index is 12.7. The molecule has 0 unspecified atom stereocenters. The molecule has 0 aliphatic carbocycles. The second-order valence-electron chi connectivity index (χ2n) is 9.34. The average molecular weight is 391 g/mol. The summed E-state index contributed by atoms with van der Waals surface area (Å²) >= 11 is 0. The molecular formula is C19H30BNO5Si. The third kappa shape index (κ3) is 4.75.